The van der Waals surface area contributed by atoms with Crippen LogP contribution in [0.4, 0.5) is 5.69 Å². The first-order valence-corrected chi connectivity index (χ1v) is 6.17. The number of hydrogen-bond donors (Lipinski definition) is 2. The van der Waals surface area contributed by atoms with Gasteiger partial charge in [0, 0.05) is 5.56 Å². The smallest absolute Gasteiger partial charge is 0.0894 e. The molecule has 1 aromatic carbocycles. The van der Waals surface area contributed by atoms with Crippen LogP contribution in [0.1, 0.15) is 5.69 Å². The van der Waals surface area contributed by atoms with Gasteiger partial charge in [-0.05, 0) is 24.3 Å². The summed E-state index contributed by atoms with van der Waals surface area (Å²) in [4.78, 5) is 4.23. The van der Waals surface area contributed by atoms with Gasteiger partial charge in [0.15, 0.2) is 0 Å². The molecule has 0 spiro atoms. The van der Waals surface area contributed by atoms with E-state index >= 15 is 0 Å². The SMILES string of the molecule is Nc1ccc(-c2cc(Cl)c(Cl)cc2Cl)nc1CO. The zero-order valence-electron chi connectivity index (χ0n) is 9.12. The van der Waals surface area contributed by atoms with E-state index < -0.39 is 0 Å². The summed E-state index contributed by atoms with van der Waals surface area (Å²) < 4.78 is 0. The molecule has 6 heteroatoms. The number of hydrogen-bond acceptors (Lipinski definition) is 3. The molecule has 0 aliphatic carbocycles. The fraction of sp³-hybridized carbons (Fsp3) is 0.0833. The van der Waals surface area contributed by atoms with Crippen molar-refractivity contribution in [2.45, 2.75) is 6.61 Å². The first-order valence-electron chi connectivity index (χ1n) is 5.04. The normalized spacial score (nSPS) is 10.7. The van der Waals surface area contributed by atoms with Crippen molar-refractivity contribution in [1.82, 2.24) is 4.98 Å². The van der Waals surface area contributed by atoms with Crippen molar-refractivity contribution < 1.29 is 5.11 Å². The Hall–Kier alpha value is -1.00. The van der Waals surface area contributed by atoms with Crippen molar-refractivity contribution >= 4 is 40.5 Å². The summed E-state index contributed by atoms with van der Waals surface area (Å²) in [6.45, 7) is -0.237. The van der Waals surface area contributed by atoms with Crippen LogP contribution in [0.3, 0.4) is 0 Å². The molecule has 2 aromatic rings. The van der Waals surface area contributed by atoms with Gasteiger partial charge in [0.25, 0.3) is 0 Å². The molecule has 0 amide bonds. The average Bonchev–Trinajstić information content (AvgIpc) is 2.35. The largest absolute Gasteiger partial charge is 0.397 e. The molecular weight excluding hydrogens is 295 g/mol. The molecule has 3 nitrogen and oxygen atoms in total. The molecule has 0 aliphatic rings. The molecule has 0 atom stereocenters. The molecule has 0 saturated carbocycles. The van der Waals surface area contributed by atoms with Crippen LogP contribution in [0.15, 0.2) is 24.3 Å². The second kappa shape index (κ2) is 5.33. The second-order valence-corrected chi connectivity index (χ2v) is 4.86. The number of aliphatic hydroxyl groups excluding tert-OH is 1. The summed E-state index contributed by atoms with van der Waals surface area (Å²) in [7, 11) is 0. The van der Waals surface area contributed by atoms with E-state index in [0.717, 1.165) is 0 Å². The van der Waals surface area contributed by atoms with Gasteiger partial charge in [-0.1, -0.05) is 34.8 Å². The number of nitrogens with two attached hydrogens (primary N) is 1. The maximum Gasteiger partial charge on any atom is 0.0894 e. The van der Waals surface area contributed by atoms with Crippen LogP contribution in [-0.4, -0.2) is 10.1 Å². The lowest BCUT2D eigenvalue weighted by Crippen LogP contribution is -1.99. The summed E-state index contributed by atoms with van der Waals surface area (Å²) in [6.07, 6.45) is 0. The Balaban J connectivity index is 2.58. The van der Waals surface area contributed by atoms with E-state index in [4.69, 9.17) is 45.6 Å². The first kappa shape index (κ1) is 13.4. The number of rotatable bonds is 2. The summed E-state index contributed by atoms with van der Waals surface area (Å²) in [6, 6.07) is 6.55. The van der Waals surface area contributed by atoms with Gasteiger partial charge < -0.3 is 10.8 Å². The standard InChI is InChI=1S/C12H9Cl3N2O/c13-7-4-9(15)8(14)3-6(7)11-2-1-10(16)12(5-18)17-11/h1-4,18H,5,16H2. The lowest BCUT2D eigenvalue weighted by atomic mass is 10.1. The monoisotopic (exact) mass is 302 g/mol. The lowest BCUT2D eigenvalue weighted by molar-refractivity contribution is 0.278. The Labute approximate surface area is 119 Å². The van der Waals surface area contributed by atoms with Crippen LogP contribution in [0.25, 0.3) is 11.3 Å². The van der Waals surface area contributed by atoms with E-state index in [1.165, 1.54) is 0 Å². The number of pyridine rings is 1. The van der Waals surface area contributed by atoms with E-state index in [2.05, 4.69) is 4.98 Å². The zero-order valence-corrected chi connectivity index (χ0v) is 11.4. The second-order valence-electron chi connectivity index (χ2n) is 3.64. The van der Waals surface area contributed by atoms with E-state index in [-0.39, 0.29) is 6.61 Å². The summed E-state index contributed by atoms with van der Waals surface area (Å²) >= 11 is 17.9. The third kappa shape index (κ3) is 2.54. The summed E-state index contributed by atoms with van der Waals surface area (Å²) in [5.41, 5.74) is 7.71. The van der Waals surface area contributed by atoms with E-state index in [0.29, 0.717) is 37.7 Å². The molecule has 0 saturated heterocycles. The highest BCUT2D eigenvalue weighted by Gasteiger charge is 2.11. The first-order chi connectivity index (χ1) is 8.52. The number of nitrogens with zero attached hydrogens (tertiary/aromatic N) is 1. The van der Waals surface area contributed by atoms with Crippen molar-refractivity contribution in [3.8, 4) is 11.3 Å². The average molecular weight is 304 g/mol. The van der Waals surface area contributed by atoms with Crippen molar-refractivity contribution in [3.63, 3.8) is 0 Å². The van der Waals surface area contributed by atoms with Crippen LogP contribution >= 0.6 is 34.8 Å². The van der Waals surface area contributed by atoms with E-state index in [1.807, 2.05) is 0 Å². The van der Waals surface area contributed by atoms with Crippen molar-refractivity contribution in [1.29, 1.82) is 0 Å². The molecule has 18 heavy (non-hydrogen) atoms. The van der Waals surface area contributed by atoms with Crippen LogP contribution in [0.2, 0.25) is 15.1 Å². The third-order valence-corrected chi connectivity index (χ3v) is 3.48. The minimum Gasteiger partial charge on any atom is -0.397 e. The van der Waals surface area contributed by atoms with Gasteiger partial charge in [-0.3, -0.25) is 0 Å². The van der Waals surface area contributed by atoms with Gasteiger partial charge in [0.1, 0.15) is 0 Å². The fourth-order valence-electron chi connectivity index (χ4n) is 1.51. The van der Waals surface area contributed by atoms with Gasteiger partial charge in [-0.25, -0.2) is 4.98 Å². The van der Waals surface area contributed by atoms with Crippen LogP contribution in [0, 0.1) is 0 Å². The number of halogens is 3. The molecule has 1 aromatic heterocycles. The van der Waals surface area contributed by atoms with Crippen LogP contribution in [-0.2, 0) is 6.61 Å². The van der Waals surface area contributed by atoms with Gasteiger partial charge in [0.2, 0.25) is 0 Å². The predicted molar refractivity (Wildman–Crippen MR) is 75.0 cm³/mol. The number of anilines is 1. The zero-order chi connectivity index (χ0) is 13.3. The van der Waals surface area contributed by atoms with Crippen molar-refractivity contribution in [2.24, 2.45) is 0 Å². The highest BCUT2D eigenvalue weighted by atomic mass is 35.5. The Morgan fingerprint density at radius 1 is 1.06 bits per heavy atom. The van der Waals surface area contributed by atoms with Crippen LogP contribution < -0.4 is 5.73 Å². The quantitative estimate of drug-likeness (QED) is 0.830. The molecular formula is C12H9Cl3N2O. The van der Waals surface area contributed by atoms with Gasteiger partial charge in [-0.15, -0.1) is 0 Å². The maximum absolute atomic E-state index is 9.14. The van der Waals surface area contributed by atoms with E-state index in [1.54, 1.807) is 24.3 Å². The molecule has 0 fully saturated rings. The van der Waals surface area contributed by atoms with E-state index in [9.17, 15) is 0 Å². The molecule has 1 heterocycles. The number of aliphatic hydroxyl groups is 1. The lowest BCUT2D eigenvalue weighted by Gasteiger charge is -2.08. The van der Waals surface area contributed by atoms with Gasteiger partial charge in [-0.2, -0.15) is 0 Å². The Morgan fingerprint density at radius 3 is 2.39 bits per heavy atom. The molecule has 0 unspecified atom stereocenters. The molecule has 3 N–H and O–H groups in total. The third-order valence-electron chi connectivity index (χ3n) is 2.45. The molecule has 0 bridgehead atoms. The number of aromatic nitrogens is 1. The van der Waals surface area contributed by atoms with Crippen molar-refractivity contribution in [2.75, 3.05) is 5.73 Å². The Morgan fingerprint density at radius 2 is 1.72 bits per heavy atom. The minimum absolute atomic E-state index is 0.237. The molecule has 2 rings (SSSR count). The van der Waals surface area contributed by atoms with Gasteiger partial charge >= 0.3 is 0 Å². The van der Waals surface area contributed by atoms with Gasteiger partial charge in [0.05, 0.1) is 38.8 Å². The van der Waals surface area contributed by atoms with Crippen molar-refractivity contribution in [3.05, 3.63) is 45.0 Å². The maximum atomic E-state index is 9.14. The number of nitrogen functional groups attached to an aromatic ring is 1. The number of benzene rings is 1. The molecule has 0 radical (unpaired) electrons. The minimum atomic E-state index is -0.237. The predicted octanol–water partition coefficient (Wildman–Crippen LogP) is 3.78. The summed E-state index contributed by atoms with van der Waals surface area (Å²) in [5, 5.41) is 10.3. The highest BCUT2D eigenvalue weighted by Crippen LogP contribution is 2.34. The molecule has 94 valence electrons. The Bertz CT molecular complexity index is 602. The highest BCUT2D eigenvalue weighted by molar-refractivity contribution is 6.44. The molecule has 0 aliphatic heterocycles. The Kier molecular flexibility index (Phi) is 3.97. The fourth-order valence-corrected chi connectivity index (χ4v) is 2.15. The van der Waals surface area contributed by atoms with Crippen LogP contribution in [0.5, 0.6) is 0 Å². The topological polar surface area (TPSA) is 59.1 Å². The summed E-state index contributed by atoms with van der Waals surface area (Å²) in [5.74, 6) is 0.